The first kappa shape index (κ1) is 17.4. The lowest BCUT2D eigenvalue weighted by molar-refractivity contribution is 0.232. The van der Waals surface area contributed by atoms with E-state index in [4.69, 9.17) is 10.9 Å². The Kier molecular flexibility index (Phi) is 6.11. The molecule has 0 aliphatic carbocycles. The van der Waals surface area contributed by atoms with Gasteiger partial charge in [-0.3, -0.25) is 0 Å². The second-order valence-electron chi connectivity index (χ2n) is 6.30. The zero-order valence-electron chi connectivity index (χ0n) is 13.2. The summed E-state index contributed by atoms with van der Waals surface area (Å²) in [6, 6.07) is 4.56. The van der Waals surface area contributed by atoms with Gasteiger partial charge in [-0.1, -0.05) is 31.1 Å². The van der Waals surface area contributed by atoms with E-state index in [9.17, 15) is 4.39 Å². The quantitative estimate of drug-likeness (QED) is 0.309. The highest BCUT2D eigenvalue weighted by Gasteiger charge is 2.18. The molecule has 118 valence electrons. The summed E-state index contributed by atoms with van der Waals surface area (Å²) in [6.45, 7) is 6.51. The van der Waals surface area contributed by atoms with Crippen LogP contribution in [0.2, 0.25) is 0 Å². The first-order valence-electron chi connectivity index (χ1n) is 6.87. The number of halogens is 1. The third-order valence-electron chi connectivity index (χ3n) is 3.12. The Labute approximate surface area is 125 Å². The van der Waals surface area contributed by atoms with E-state index in [0.29, 0.717) is 17.7 Å². The summed E-state index contributed by atoms with van der Waals surface area (Å²) < 4.78 is 13.9. The Bertz CT molecular complexity index is 500. The largest absolute Gasteiger partial charge is 0.409 e. The van der Waals surface area contributed by atoms with E-state index in [2.05, 4.69) is 29.2 Å². The van der Waals surface area contributed by atoms with Crippen LogP contribution < -0.4 is 11.1 Å². The molecular weight excluding hydrogens is 271 g/mol. The fraction of sp³-hybridized carbons (Fsp3) is 0.533. The molecule has 0 aliphatic heterocycles. The van der Waals surface area contributed by atoms with Gasteiger partial charge in [0.25, 0.3) is 0 Å². The molecular formula is C15H25FN4O. The van der Waals surface area contributed by atoms with E-state index in [-0.39, 0.29) is 17.1 Å². The van der Waals surface area contributed by atoms with Crippen LogP contribution in [0, 0.1) is 11.2 Å². The molecule has 0 saturated heterocycles. The molecule has 0 bridgehead atoms. The molecule has 0 amide bonds. The van der Waals surface area contributed by atoms with Gasteiger partial charge in [-0.25, -0.2) is 4.39 Å². The van der Waals surface area contributed by atoms with E-state index in [0.717, 1.165) is 13.1 Å². The van der Waals surface area contributed by atoms with Gasteiger partial charge in [0.2, 0.25) is 0 Å². The van der Waals surface area contributed by atoms with E-state index in [1.165, 1.54) is 6.07 Å². The van der Waals surface area contributed by atoms with Gasteiger partial charge in [0.05, 0.1) is 0 Å². The van der Waals surface area contributed by atoms with Crippen molar-refractivity contribution in [3.63, 3.8) is 0 Å². The molecule has 1 rings (SSSR count). The summed E-state index contributed by atoms with van der Waals surface area (Å²) in [6.07, 6.45) is 0. The highest BCUT2D eigenvalue weighted by atomic mass is 19.1. The second kappa shape index (κ2) is 7.38. The normalized spacial score (nSPS) is 13.0. The van der Waals surface area contributed by atoms with Crippen molar-refractivity contribution in [1.29, 1.82) is 0 Å². The Morgan fingerprint density at radius 3 is 2.62 bits per heavy atom. The zero-order valence-corrected chi connectivity index (χ0v) is 13.2. The van der Waals surface area contributed by atoms with Crippen molar-refractivity contribution < 1.29 is 9.60 Å². The molecule has 0 heterocycles. The smallest absolute Gasteiger partial charge is 0.170 e. The summed E-state index contributed by atoms with van der Waals surface area (Å²) in [5.74, 6) is -0.461. The summed E-state index contributed by atoms with van der Waals surface area (Å²) in [7, 11) is 4.07. The minimum atomic E-state index is -0.364. The zero-order chi connectivity index (χ0) is 16.0. The van der Waals surface area contributed by atoms with Crippen molar-refractivity contribution in [3.05, 3.63) is 35.1 Å². The van der Waals surface area contributed by atoms with Crippen LogP contribution in [0.15, 0.2) is 23.4 Å². The van der Waals surface area contributed by atoms with E-state index in [1.54, 1.807) is 12.1 Å². The van der Waals surface area contributed by atoms with Crippen molar-refractivity contribution in [1.82, 2.24) is 10.2 Å². The van der Waals surface area contributed by atoms with Crippen LogP contribution in [-0.2, 0) is 6.54 Å². The van der Waals surface area contributed by atoms with Crippen molar-refractivity contribution in [2.75, 3.05) is 27.2 Å². The van der Waals surface area contributed by atoms with Crippen LogP contribution in [0.4, 0.5) is 4.39 Å². The Morgan fingerprint density at radius 1 is 1.43 bits per heavy atom. The average Bonchev–Trinajstić information content (AvgIpc) is 2.38. The molecule has 0 unspecified atom stereocenters. The number of rotatable bonds is 7. The SMILES string of the molecule is CN(C)CC(C)(C)CNCc1ccc(C(N)=NO)cc1F. The van der Waals surface area contributed by atoms with Crippen LogP contribution in [0.25, 0.3) is 0 Å². The van der Waals surface area contributed by atoms with Gasteiger partial charge in [0.1, 0.15) is 5.82 Å². The van der Waals surface area contributed by atoms with Gasteiger partial charge in [-0.15, -0.1) is 0 Å². The molecule has 0 radical (unpaired) electrons. The molecule has 5 nitrogen and oxygen atoms in total. The number of oxime groups is 1. The molecule has 0 aromatic heterocycles. The van der Waals surface area contributed by atoms with Crippen molar-refractivity contribution >= 4 is 5.84 Å². The number of amidine groups is 1. The minimum absolute atomic E-state index is 0.0967. The lowest BCUT2D eigenvalue weighted by Crippen LogP contribution is -2.37. The molecule has 4 N–H and O–H groups in total. The van der Waals surface area contributed by atoms with Gasteiger partial charge < -0.3 is 21.2 Å². The lowest BCUT2D eigenvalue weighted by atomic mass is 9.93. The summed E-state index contributed by atoms with van der Waals surface area (Å²) in [5, 5.41) is 14.7. The molecule has 21 heavy (non-hydrogen) atoms. The molecule has 0 aliphatic rings. The number of hydrogen-bond donors (Lipinski definition) is 3. The Balaban J connectivity index is 2.61. The summed E-state index contributed by atoms with van der Waals surface area (Å²) in [4.78, 5) is 2.13. The third kappa shape index (κ3) is 5.69. The average molecular weight is 296 g/mol. The first-order chi connectivity index (χ1) is 9.75. The van der Waals surface area contributed by atoms with Crippen molar-refractivity contribution in [2.45, 2.75) is 20.4 Å². The number of nitrogens with one attached hydrogen (secondary N) is 1. The monoisotopic (exact) mass is 296 g/mol. The van der Waals surface area contributed by atoms with Crippen LogP contribution in [0.5, 0.6) is 0 Å². The van der Waals surface area contributed by atoms with E-state index < -0.39 is 0 Å². The van der Waals surface area contributed by atoms with E-state index >= 15 is 0 Å². The molecule has 0 atom stereocenters. The second-order valence-corrected chi connectivity index (χ2v) is 6.30. The number of nitrogens with two attached hydrogens (primary N) is 1. The van der Waals surface area contributed by atoms with Gasteiger partial charge in [-0.2, -0.15) is 0 Å². The molecule has 0 fully saturated rings. The fourth-order valence-electron chi connectivity index (χ4n) is 2.36. The summed E-state index contributed by atoms with van der Waals surface area (Å²) >= 11 is 0. The minimum Gasteiger partial charge on any atom is -0.409 e. The van der Waals surface area contributed by atoms with Crippen LogP contribution >= 0.6 is 0 Å². The Hall–Kier alpha value is -1.66. The van der Waals surface area contributed by atoms with Crippen molar-refractivity contribution in [2.24, 2.45) is 16.3 Å². The van der Waals surface area contributed by atoms with Gasteiger partial charge in [0.15, 0.2) is 5.84 Å². The van der Waals surface area contributed by atoms with Crippen LogP contribution in [-0.4, -0.2) is 43.1 Å². The topological polar surface area (TPSA) is 73.9 Å². The van der Waals surface area contributed by atoms with Gasteiger partial charge in [-0.05, 0) is 25.6 Å². The molecule has 6 heteroatoms. The number of nitrogens with zero attached hydrogens (tertiary/aromatic N) is 2. The van der Waals surface area contributed by atoms with Gasteiger partial charge >= 0.3 is 0 Å². The maximum absolute atomic E-state index is 13.9. The number of hydrogen-bond acceptors (Lipinski definition) is 4. The molecule has 0 saturated carbocycles. The molecule has 1 aromatic rings. The summed E-state index contributed by atoms with van der Waals surface area (Å²) in [5.41, 5.74) is 6.46. The van der Waals surface area contributed by atoms with Crippen molar-refractivity contribution in [3.8, 4) is 0 Å². The standard InChI is InChI=1S/C15H25FN4O/c1-15(2,10-20(3)4)9-18-8-12-6-5-11(7-13(12)16)14(17)19-21/h5-7,18,21H,8-10H2,1-4H3,(H2,17,19). The molecule has 1 aromatic carbocycles. The third-order valence-corrected chi connectivity index (χ3v) is 3.12. The maximum Gasteiger partial charge on any atom is 0.170 e. The Morgan fingerprint density at radius 2 is 2.10 bits per heavy atom. The first-order valence-corrected chi connectivity index (χ1v) is 6.87. The predicted octanol–water partition coefficient (Wildman–Crippen LogP) is 1.60. The lowest BCUT2D eigenvalue weighted by Gasteiger charge is -2.28. The highest BCUT2D eigenvalue weighted by Crippen LogP contribution is 2.15. The fourth-order valence-corrected chi connectivity index (χ4v) is 2.36. The predicted molar refractivity (Wildman–Crippen MR) is 83.0 cm³/mol. The van der Waals surface area contributed by atoms with Crippen LogP contribution in [0.3, 0.4) is 0 Å². The number of benzene rings is 1. The molecule has 0 spiro atoms. The highest BCUT2D eigenvalue weighted by molar-refractivity contribution is 5.97. The van der Waals surface area contributed by atoms with Crippen LogP contribution in [0.1, 0.15) is 25.0 Å². The van der Waals surface area contributed by atoms with E-state index in [1.807, 2.05) is 14.1 Å². The maximum atomic E-state index is 13.9. The van der Waals surface area contributed by atoms with Gasteiger partial charge in [0, 0.05) is 30.8 Å².